The number of hydrogen-bond donors (Lipinski definition) is 1. The second-order valence-corrected chi connectivity index (χ2v) is 6.75. The van der Waals surface area contributed by atoms with E-state index < -0.39 is 10.0 Å². The van der Waals surface area contributed by atoms with Gasteiger partial charge in [-0.2, -0.15) is 0 Å². The molecule has 106 valence electrons. The van der Waals surface area contributed by atoms with E-state index in [1.165, 1.54) is 18.3 Å². The number of aromatic nitrogens is 1. The fourth-order valence-corrected chi connectivity index (χ4v) is 3.76. The molecule has 0 saturated carbocycles. The number of pyridine rings is 1. The Labute approximate surface area is 119 Å². The number of hydrogen-bond acceptors (Lipinski definition) is 4. The highest BCUT2D eigenvalue weighted by Gasteiger charge is 2.24. The predicted octanol–water partition coefficient (Wildman–Crippen LogP) is 1.50. The average molecular weight is 304 g/mol. The van der Waals surface area contributed by atoms with Crippen molar-refractivity contribution in [3.63, 3.8) is 0 Å². The van der Waals surface area contributed by atoms with Crippen molar-refractivity contribution in [3.05, 3.63) is 23.5 Å². The summed E-state index contributed by atoms with van der Waals surface area (Å²) in [5.41, 5.74) is 0. The monoisotopic (exact) mass is 303 g/mol. The standard InChI is InChI=1S/C12H18ClN3O2S/c1-2-16-7-4-10(5-8-16)15-19(17,18)11-3-6-14-12(13)9-11/h3,6,9-10,15H,2,4-5,7-8H2,1H3. The molecule has 1 saturated heterocycles. The van der Waals surface area contributed by atoms with Crippen LogP contribution in [-0.4, -0.2) is 44.0 Å². The molecule has 0 atom stereocenters. The third-order valence-electron chi connectivity index (χ3n) is 3.36. The molecule has 0 amide bonds. The van der Waals surface area contributed by atoms with E-state index >= 15 is 0 Å². The van der Waals surface area contributed by atoms with Gasteiger partial charge < -0.3 is 4.90 Å². The third kappa shape index (κ3) is 3.89. The number of sulfonamides is 1. The Morgan fingerprint density at radius 1 is 1.47 bits per heavy atom. The first-order chi connectivity index (χ1) is 9.01. The first kappa shape index (κ1) is 14.7. The highest BCUT2D eigenvalue weighted by atomic mass is 35.5. The summed E-state index contributed by atoms with van der Waals surface area (Å²) >= 11 is 5.72. The molecule has 19 heavy (non-hydrogen) atoms. The minimum atomic E-state index is -3.50. The molecule has 0 unspecified atom stereocenters. The molecule has 1 aliphatic heterocycles. The van der Waals surface area contributed by atoms with Crippen molar-refractivity contribution in [2.45, 2.75) is 30.7 Å². The van der Waals surface area contributed by atoms with Crippen molar-refractivity contribution in [3.8, 4) is 0 Å². The van der Waals surface area contributed by atoms with E-state index in [0.717, 1.165) is 32.5 Å². The maximum Gasteiger partial charge on any atom is 0.240 e. The Hall–Kier alpha value is -0.690. The summed E-state index contributed by atoms with van der Waals surface area (Å²) in [5.74, 6) is 0. The maximum absolute atomic E-state index is 12.2. The van der Waals surface area contributed by atoms with Crippen LogP contribution in [0.3, 0.4) is 0 Å². The smallest absolute Gasteiger partial charge is 0.240 e. The normalized spacial score (nSPS) is 18.6. The summed E-state index contributed by atoms with van der Waals surface area (Å²) in [6.45, 7) is 4.99. The SMILES string of the molecule is CCN1CCC(NS(=O)(=O)c2ccnc(Cl)c2)CC1. The summed E-state index contributed by atoms with van der Waals surface area (Å²) in [6.07, 6.45) is 3.08. The third-order valence-corrected chi connectivity index (χ3v) is 5.09. The number of likely N-dealkylation sites (tertiary alicyclic amines) is 1. The first-order valence-corrected chi connectivity index (χ1v) is 8.23. The average Bonchev–Trinajstić information content (AvgIpc) is 2.39. The second-order valence-electron chi connectivity index (χ2n) is 4.64. The Balaban J connectivity index is 2.02. The molecule has 2 heterocycles. The Morgan fingerprint density at radius 2 is 2.16 bits per heavy atom. The van der Waals surface area contributed by atoms with E-state index in [1.54, 1.807) is 0 Å². The zero-order valence-electron chi connectivity index (χ0n) is 10.8. The van der Waals surface area contributed by atoms with Crippen LogP contribution in [-0.2, 0) is 10.0 Å². The Bertz CT molecular complexity index is 528. The molecule has 1 N–H and O–H groups in total. The van der Waals surface area contributed by atoms with Crippen LogP contribution in [0, 0.1) is 0 Å². The van der Waals surface area contributed by atoms with Crippen molar-refractivity contribution < 1.29 is 8.42 Å². The van der Waals surface area contributed by atoms with Crippen LogP contribution in [0.2, 0.25) is 5.15 Å². The van der Waals surface area contributed by atoms with E-state index in [9.17, 15) is 8.42 Å². The van der Waals surface area contributed by atoms with Crippen LogP contribution in [0.25, 0.3) is 0 Å². The summed E-state index contributed by atoms with van der Waals surface area (Å²) < 4.78 is 27.1. The van der Waals surface area contributed by atoms with Gasteiger partial charge in [0.25, 0.3) is 0 Å². The lowest BCUT2D eigenvalue weighted by Crippen LogP contribution is -2.44. The fourth-order valence-electron chi connectivity index (χ4n) is 2.21. The number of nitrogens with one attached hydrogen (secondary N) is 1. The van der Waals surface area contributed by atoms with E-state index in [2.05, 4.69) is 21.5 Å². The van der Waals surface area contributed by atoms with Gasteiger partial charge in [-0.25, -0.2) is 18.1 Å². The van der Waals surface area contributed by atoms with Crippen LogP contribution in [0.5, 0.6) is 0 Å². The lowest BCUT2D eigenvalue weighted by molar-refractivity contribution is 0.217. The number of nitrogens with zero attached hydrogens (tertiary/aromatic N) is 2. The molecule has 2 rings (SSSR count). The molecular weight excluding hydrogens is 286 g/mol. The quantitative estimate of drug-likeness (QED) is 0.856. The molecule has 1 aliphatic rings. The minimum Gasteiger partial charge on any atom is -0.303 e. The molecule has 1 fully saturated rings. The van der Waals surface area contributed by atoms with Gasteiger partial charge in [0.15, 0.2) is 0 Å². The molecule has 0 radical (unpaired) electrons. The van der Waals surface area contributed by atoms with Crippen LogP contribution in [0.1, 0.15) is 19.8 Å². The van der Waals surface area contributed by atoms with Crippen molar-refractivity contribution in [1.82, 2.24) is 14.6 Å². The van der Waals surface area contributed by atoms with Gasteiger partial charge in [0.05, 0.1) is 4.90 Å². The molecule has 0 bridgehead atoms. The van der Waals surface area contributed by atoms with Gasteiger partial charge >= 0.3 is 0 Å². The first-order valence-electron chi connectivity index (χ1n) is 6.37. The lowest BCUT2D eigenvalue weighted by atomic mass is 10.1. The molecule has 0 spiro atoms. The van der Waals surface area contributed by atoms with E-state index in [0.29, 0.717) is 0 Å². The summed E-state index contributed by atoms with van der Waals surface area (Å²) in [4.78, 5) is 6.27. The van der Waals surface area contributed by atoms with E-state index in [-0.39, 0.29) is 16.1 Å². The van der Waals surface area contributed by atoms with E-state index in [1.807, 2.05) is 0 Å². The van der Waals surface area contributed by atoms with Gasteiger partial charge in [-0.1, -0.05) is 18.5 Å². The van der Waals surface area contributed by atoms with Crippen LogP contribution < -0.4 is 4.72 Å². The van der Waals surface area contributed by atoms with Gasteiger partial charge in [0.1, 0.15) is 5.15 Å². The van der Waals surface area contributed by atoms with Crippen molar-refractivity contribution in [2.24, 2.45) is 0 Å². The van der Waals surface area contributed by atoms with E-state index in [4.69, 9.17) is 11.6 Å². The fraction of sp³-hybridized carbons (Fsp3) is 0.583. The van der Waals surface area contributed by atoms with Crippen molar-refractivity contribution >= 4 is 21.6 Å². The predicted molar refractivity (Wildman–Crippen MR) is 74.7 cm³/mol. The summed E-state index contributed by atoms with van der Waals surface area (Å²) in [5, 5.41) is 0.184. The zero-order chi connectivity index (χ0) is 13.9. The molecule has 7 heteroatoms. The van der Waals surface area contributed by atoms with Crippen LogP contribution in [0.15, 0.2) is 23.2 Å². The molecule has 0 aromatic carbocycles. The van der Waals surface area contributed by atoms with Gasteiger partial charge in [-0.15, -0.1) is 0 Å². The zero-order valence-corrected chi connectivity index (χ0v) is 12.4. The maximum atomic E-state index is 12.2. The summed E-state index contributed by atoms with van der Waals surface area (Å²) in [7, 11) is -3.50. The topological polar surface area (TPSA) is 62.3 Å². The van der Waals surface area contributed by atoms with Crippen molar-refractivity contribution in [2.75, 3.05) is 19.6 Å². The molecule has 1 aromatic rings. The molecule has 5 nitrogen and oxygen atoms in total. The van der Waals surface area contributed by atoms with Gasteiger partial charge in [0, 0.05) is 12.2 Å². The Morgan fingerprint density at radius 3 is 2.74 bits per heavy atom. The lowest BCUT2D eigenvalue weighted by Gasteiger charge is -2.31. The molecular formula is C12H18ClN3O2S. The van der Waals surface area contributed by atoms with Crippen LogP contribution in [0.4, 0.5) is 0 Å². The van der Waals surface area contributed by atoms with Crippen molar-refractivity contribution in [1.29, 1.82) is 0 Å². The minimum absolute atomic E-state index is 0.000240. The molecule has 0 aliphatic carbocycles. The van der Waals surface area contributed by atoms with Gasteiger partial charge in [-0.05, 0) is 44.6 Å². The summed E-state index contributed by atoms with van der Waals surface area (Å²) in [6, 6.07) is 2.82. The highest BCUT2D eigenvalue weighted by molar-refractivity contribution is 7.89. The second kappa shape index (κ2) is 6.17. The number of rotatable bonds is 4. The van der Waals surface area contributed by atoms with Gasteiger partial charge in [-0.3, -0.25) is 0 Å². The highest BCUT2D eigenvalue weighted by Crippen LogP contribution is 2.16. The molecule has 1 aromatic heterocycles. The van der Waals surface area contributed by atoms with Crippen LogP contribution >= 0.6 is 11.6 Å². The number of halogens is 1. The Kier molecular flexibility index (Phi) is 4.78. The van der Waals surface area contributed by atoms with Gasteiger partial charge in [0.2, 0.25) is 10.0 Å². The largest absolute Gasteiger partial charge is 0.303 e. The number of piperidine rings is 1.